The van der Waals surface area contributed by atoms with Crippen LogP contribution in [0.4, 0.5) is 0 Å². The van der Waals surface area contributed by atoms with Gasteiger partial charge in [-0.15, -0.1) is 0 Å². The Balaban J connectivity index is 4.28. The minimum absolute atomic E-state index is 0.0656. The molecular formula is C19H37N3O5. The van der Waals surface area contributed by atoms with Crippen LogP contribution in [0.1, 0.15) is 47.0 Å². The third kappa shape index (κ3) is 12.5. The van der Waals surface area contributed by atoms with E-state index in [1.165, 1.54) is 0 Å². The Hall–Kier alpha value is -1.51. The molecule has 8 nitrogen and oxygen atoms in total. The van der Waals surface area contributed by atoms with Crippen LogP contribution < -0.4 is 16.4 Å². The van der Waals surface area contributed by atoms with E-state index in [0.29, 0.717) is 32.9 Å². The minimum atomic E-state index is -0.616. The molecule has 0 saturated carbocycles. The first-order valence-corrected chi connectivity index (χ1v) is 9.78. The fourth-order valence-corrected chi connectivity index (χ4v) is 2.39. The summed E-state index contributed by atoms with van der Waals surface area (Å²) in [7, 11) is 0. The summed E-state index contributed by atoms with van der Waals surface area (Å²) >= 11 is 0. The third-order valence-electron chi connectivity index (χ3n) is 3.92. The summed E-state index contributed by atoms with van der Waals surface area (Å²) in [5.41, 5.74) is 5.35. The van der Waals surface area contributed by atoms with Gasteiger partial charge in [0, 0.05) is 38.5 Å². The Morgan fingerprint density at radius 1 is 1.00 bits per heavy atom. The predicted molar refractivity (Wildman–Crippen MR) is 104 cm³/mol. The quantitative estimate of drug-likeness (QED) is 0.334. The predicted octanol–water partition coefficient (Wildman–Crippen LogP) is 0.631. The molecule has 27 heavy (non-hydrogen) atoms. The number of rotatable bonds is 16. The van der Waals surface area contributed by atoms with Crippen LogP contribution in [0.2, 0.25) is 0 Å². The van der Waals surface area contributed by atoms with Gasteiger partial charge in [-0.05, 0) is 12.3 Å². The van der Waals surface area contributed by atoms with Crippen molar-refractivity contribution in [2.75, 3.05) is 39.5 Å². The average molecular weight is 388 g/mol. The number of carbonyl (C=O) groups is 3. The summed E-state index contributed by atoms with van der Waals surface area (Å²) in [5, 5.41) is 5.43. The molecule has 0 fully saturated rings. The standard InChI is InChI=1S/C19H37N3O5/c1-5-9-26-11-12-27-10-6-17(24)22-18(14(2)3)16(23)13-15(4)19(25)21-8-7-20/h14-15,18H,5-13,20H2,1-4H3,(H,21,25)(H,22,24)/t15-,18+/m1/s1. The lowest BCUT2D eigenvalue weighted by Gasteiger charge is -2.22. The molecule has 0 aliphatic heterocycles. The van der Waals surface area contributed by atoms with Crippen molar-refractivity contribution in [3.8, 4) is 0 Å². The first kappa shape index (κ1) is 25.5. The van der Waals surface area contributed by atoms with Crippen molar-refractivity contribution in [3.05, 3.63) is 0 Å². The summed E-state index contributed by atoms with van der Waals surface area (Å²) in [4.78, 5) is 36.5. The van der Waals surface area contributed by atoms with Crippen LogP contribution in [-0.4, -0.2) is 63.2 Å². The highest BCUT2D eigenvalue weighted by Gasteiger charge is 2.27. The maximum atomic E-state index is 12.5. The topological polar surface area (TPSA) is 120 Å². The van der Waals surface area contributed by atoms with Crippen LogP contribution in [0, 0.1) is 11.8 Å². The number of nitrogens with two attached hydrogens (primary N) is 1. The lowest BCUT2D eigenvalue weighted by Crippen LogP contribution is -2.46. The number of carbonyl (C=O) groups excluding carboxylic acids is 3. The van der Waals surface area contributed by atoms with E-state index in [2.05, 4.69) is 10.6 Å². The SMILES string of the molecule is CCCOCCOCCC(=O)N[C@H](C(=O)C[C@@H](C)C(=O)NCCN)C(C)C. The smallest absolute Gasteiger partial charge is 0.223 e. The molecule has 0 radical (unpaired) electrons. The van der Waals surface area contributed by atoms with Gasteiger partial charge in [0.15, 0.2) is 5.78 Å². The summed E-state index contributed by atoms with van der Waals surface area (Å²) in [6.07, 6.45) is 1.21. The lowest BCUT2D eigenvalue weighted by molar-refractivity contribution is -0.132. The van der Waals surface area contributed by atoms with E-state index in [0.717, 1.165) is 6.42 Å². The molecule has 0 unspecified atom stereocenters. The van der Waals surface area contributed by atoms with Gasteiger partial charge in [-0.1, -0.05) is 27.7 Å². The Morgan fingerprint density at radius 3 is 2.19 bits per heavy atom. The fraction of sp³-hybridized carbons (Fsp3) is 0.842. The molecule has 8 heteroatoms. The van der Waals surface area contributed by atoms with Gasteiger partial charge in [0.05, 0.1) is 25.9 Å². The van der Waals surface area contributed by atoms with Crippen LogP contribution in [0.3, 0.4) is 0 Å². The Morgan fingerprint density at radius 2 is 1.63 bits per heavy atom. The van der Waals surface area contributed by atoms with E-state index in [1.807, 2.05) is 20.8 Å². The summed E-state index contributed by atoms with van der Waals surface area (Å²) in [5.74, 6) is -1.13. The zero-order valence-electron chi connectivity index (χ0n) is 17.2. The van der Waals surface area contributed by atoms with Crippen LogP contribution in [0.15, 0.2) is 0 Å². The summed E-state index contributed by atoms with van der Waals surface area (Å²) < 4.78 is 10.6. The highest BCUT2D eigenvalue weighted by atomic mass is 16.5. The molecule has 0 aromatic carbocycles. The van der Waals surface area contributed by atoms with E-state index >= 15 is 0 Å². The van der Waals surface area contributed by atoms with Gasteiger partial charge in [-0.25, -0.2) is 0 Å². The van der Waals surface area contributed by atoms with E-state index in [9.17, 15) is 14.4 Å². The van der Waals surface area contributed by atoms with E-state index in [1.54, 1.807) is 6.92 Å². The third-order valence-corrected chi connectivity index (χ3v) is 3.92. The second-order valence-electron chi connectivity index (χ2n) is 6.92. The maximum Gasteiger partial charge on any atom is 0.223 e. The molecule has 4 N–H and O–H groups in total. The zero-order chi connectivity index (χ0) is 20.7. The van der Waals surface area contributed by atoms with Crippen molar-refractivity contribution in [3.63, 3.8) is 0 Å². The van der Waals surface area contributed by atoms with Gasteiger partial charge in [-0.3, -0.25) is 14.4 Å². The molecule has 2 amide bonds. The van der Waals surface area contributed by atoms with Gasteiger partial charge in [0.1, 0.15) is 0 Å². The van der Waals surface area contributed by atoms with Gasteiger partial charge in [0.25, 0.3) is 0 Å². The number of hydrogen-bond acceptors (Lipinski definition) is 6. The van der Waals surface area contributed by atoms with Crippen molar-refractivity contribution in [1.29, 1.82) is 0 Å². The monoisotopic (exact) mass is 387 g/mol. The molecule has 0 spiro atoms. The molecule has 0 aromatic heterocycles. The summed E-state index contributed by atoms with van der Waals surface area (Å²) in [6, 6.07) is -0.616. The minimum Gasteiger partial charge on any atom is -0.379 e. The van der Waals surface area contributed by atoms with Gasteiger partial charge in [-0.2, -0.15) is 0 Å². The zero-order valence-corrected chi connectivity index (χ0v) is 17.2. The first-order chi connectivity index (χ1) is 12.8. The molecule has 2 atom stereocenters. The van der Waals surface area contributed by atoms with Crippen molar-refractivity contribution < 1.29 is 23.9 Å². The Kier molecular flexibility index (Phi) is 14.7. The number of hydrogen-bond donors (Lipinski definition) is 3. The van der Waals surface area contributed by atoms with Crippen molar-refractivity contribution in [2.45, 2.75) is 53.0 Å². The van der Waals surface area contributed by atoms with Crippen molar-refractivity contribution >= 4 is 17.6 Å². The van der Waals surface area contributed by atoms with Gasteiger partial charge in [0.2, 0.25) is 11.8 Å². The second-order valence-corrected chi connectivity index (χ2v) is 6.92. The molecule has 0 saturated heterocycles. The number of ketones is 1. The van der Waals surface area contributed by atoms with Gasteiger partial charge >= 0.3 is 0 Å². The van der Waals surface area contributed by atoms with E-state index in [-0.39, 0.29) is 43.0 Å². The number of nitrogens with one attached hydrogen (secondary N) is 2. The largest absolute Gasteiger partial charge is 0.379 e. The van der Waals surface area contributed by atoms with Crippen LogP contribution >= 0.6 is 0 Å². The van der Waals surface area contributed by atoms with Crippen molar-refractivity contribution in [2.24, 2.45) is 17.6 Å². The highest BCUT2D eigenvalue weighted by Crippen LogP contribution is 2.11. The number of ether oxygens (including phenoxy) is 2. The number of amides is 2. The highest BCUT2D eigenvalue weighted by molar-refractivity contribution is 5.92. The Bertz CT molecular complexity index is 443. The normalized spacial score (nSPS) is 13.3. The molecule has 0 heterocycles. The van der Waals surface area contributed by atoms with E-state index < -0.39 is 12.0 Å². The average Bonchev–Trinajstić information content (AvgIpc) is 2.62. The molecule has 0 aromatic rings. The molecule has 158 valence electrons. The maximum absolute atomic E-state index is 12.5. The van der Waals surface area contributed by atoms with Crippen LogP contribution in [0.5, 0.6) is 0 Å². The van der Waals surface area contributed by atoms with Gasteiger partial charge < -0.3 is 25.8 Å². The van der Waals surface area contributed by atoms with E-state index in [4.69, 9.17) is 15.2 Å². The second kappa shape index (κ2) is 15.5. The van der Waals surface area contributed by atoms with Crippen LogP contribution in [-0.2, 0) is 23.9 Å². The molecular weight excluding hydrogens is 350 g/mol. The molecule has 0 aliphatic carbocycles. The van der Waals surface area contributed by atoms with Crippen molar-refractivity contribution in [1.82, 2.24) is 10.6 Å². The lowest BCUT2D eigenvalue weighted by atomic mass is 9.92. The molecule has 0 rings (SSSR count). The first-order valence-electron chi connectivity index (χ1n) is 9.78. The fourth-order valence-electron chi connectivity index (χ4n) is 2.39. The number of Topliss-reactive ketones (excluding diaryl/α,β-unsaturated/α-hetero) is 1. The summed E-state index contributed by atoms with van der Waals surface area (Å²) in [6.45, 7) is 10.1. The Labute approximate surface area is 162 Å². The van der Waals surface area contributed by atoms with Crippen LogP contribution in [0.25, 0.3) is 0 Å². The molecule has 0 bridgehead atoms. The molecule has 0 aliphatic rings.